The summed E-state index contributed by atoms with van der Waals surface area (Å²) in [5, 5.41) is 17.2. The molecule has 1 amide bonds. The van der Waals surface area contributed by atoms with Crippen molar-refractivity contribution in [1.82, 2.24) is 5.32 Å². The number of carbonyl (C=O) groups is 1. The van der Waals surface area contributed by atoms with E-state index in [2.05, 4.69) is 5.32 Å². The summed E-state index contributed by atoms with van der Waals surface area (Å²) in [6.07, 6.45) is 0.496. The maximum absolute atomic E-state index is 12.0. The van der Waals surface area contributed by atoms with Crippen LogP contribution in [0.2, 0.25) is 10.0 Å². The molecule has 4 N–H and O–H groups in total. The van der Waals surface area contributed by atoms with E-state index >= 15 is 0 Å². The molecule has 0 spiro atoms. The molecule has 0 radical (unpaired) electrons. The van der Waals surface area contributed by atoms with Crippen LogP contribution in [-0.2, 0) is 16.4 Å². The molecule has 0 aromatic heterocycles. The zero-order chi connectivity index (χ0) is 17.9. The zero-order valence-corrected chi connectivity index (χ0v) is 14.6. The Labute approximate surface area is 149 Å². The van der Waals surface area contributed by atoms with E-state index in [1.807, 2.05) is 0 Å². The van der Waals surface area contributed by atoms with Crippen LogP contribution in [0.25, 0.3) is 0 Å². The molecular weight excluding hydrogens is 375 g/mol. The van der Waals surface area contributed by atoms with Crippen LogP contribution in [0.15, 0.2) is 41.3 Å². The second-order valence-electron chi connectivity index (χ2n) is 4.98. The van der Waals surface area contributed by atoms with Gasteiger partial charge in [-0.15, -0.1) is 0 Å². The van der Waals surface area contributed by atoms with Crippen molar-refractivity contribution in [3.05, 3.63) is 57.6 Å². The lowest BCUT2D eigenvalue weighted by molar-refractivity contribution is 0.0954. The van der Waals surface area contributed by atoms with E-state index in [1.54, 1.807) is 12.1 Å². The molecule has 9 heteroatoms. The smallest absolute Gasteiger partial charge is 0.251 e. The van der Waals surface area contributed by atoms with E-state index in [1.165, 1.54) is 24.3 Å². The minimum Gasteiger partial charge on any atom is -0.505 e. The lowest BCUT2D eigenvalue weighted by Crippen LogP contribution is -2.25. The second kappa shape index (κ2) is 7.40. The van der Waals surface area contributed by atoms with Crippen molar-refractivity contribution in [2.45, 2.75) is 11.3 Å². The van der Waals surface area contributed by atoms with Gasteiger partial charge in [0.05, 0.1) is 14.9 Å². The summed E-state index contributed by atoms with van der Waals surface area (Å²) < 4.78 is 22.3. The molecule has 0 saturated heterocycles. The summed E-state index contributed by atoms with van der Waals surface area (Å²) in [5.41, 5.74) is 1.07. The van der Waals surface area contributed by atoms with E-state index in [0.29, 0.717) is 13.0 Å². The molecule has 0 saturated carbocycles. The zero-order valence-electron chi connectivity index (χ0n) is 12.3. The molecular formula is C15H14Cl2N2O4S. The van der Waals surface area contributed by atoms with E-state index < -0.39 is 10.0 Å². The highest BCUT2D eigenvalue weighted by atomic mass is 35.5. The van der Waals surface area contributed by atoms with E-state index in [-0.39, 0.29) is 32.2 Å². The number of nitrogens with one attached hydrogen (secondary N) is 1. The van der Waals surface area contributed by atoms with Gasteiger partial charge in [0.2, 0.25) is 10.0 Å². The van der Waals surface area contributed by atoms with Crippen LogP contribution in [-0.4, -0.2) is 26.0 Å². The molecule has 0 heterocycles. The predicted molar refractivity (Wildman–Crippen MR) is 92.0 cm³/mol. The van der Waals surface area contributed by atoms with Gasteiger partial charge >= 0.3 is 0 Å². The molecule has 0 aliphatic rings. The third-order valence-electron chi connectivity index (χ3n) is 3.23. The highest BCUT2D eigenvalue weighted by molar-refractivity contribution is 7.89. The first-order valence-electron chi connectivity index (χ1n) is 6.76. The Bertz CT molecular complexity index is 845. The third-order valence-corrected chi connectivity index (χ3v) is 4.74. The van der Waals surface area contributed by atoms with Crippen LogP contribution in [0.5, 0.6) is 5.75 Å². The fourth-order valence-electron chi connectivity index (χ4n) is 1.96. The summed E-state index contributed by atoms with van der Waals surface area (Å²) in [6, 6.07) is 8.70. The number of phenols is 1. The number of primary sulfonamides is 1. The largest absolute Gasteiger partial charge is 0.505 e. The number of aromatic hydroxyl groups is 1. The van der Waals surface area contributed by atoms with Crippen molar-refractivity contribution in [3.8, 4) is 5.75 Å². The highest BCUT2D eigenvalue weighted by Crippen LogP contribution is 2.32. The van der Waals surface area contributed by atoms with Gasteiger partial charge in [-0.05, 0) is 36.2 Å². The number of nitrogens with two attached hydrogens (primary N) is 1. The number of rotatable bonds is 5. The Morgan fingerprint density at radius 1 is 1.12 bits per heavy atom. The van der Waals surface area contributed by atoms with Crippen LogP contribution in [0.4, 0.5) is 0 Å². The standard InChI is InChI=1S/C15H14Cl2N2O4S/c16-12-7-10(8-13(17)14(12)20)15(21)19-6-5-9-1-3-11(4-2-9)24(18,22)23/h1-4,7-8,20H,5-6H2,(H,19,21)(H2,18,22,23). The number of halogens is 2. The first-order valence-corrected chi connectivity index (χ1v) is 9.06. The number of sulfonamides is 1. The van der Waals surface area contributed by atoms with Crippen molar-refractivity contribution in [2.24, 2.45) is 5.14 Å². The van der Waals surface area contributed by atoms with Gasteiger partial charge in [-0.25, -0.2) is 13.6 Å². The van der Waals surface area contributed by atoms with E-state index in [4.69, 9.17) is 28.3 Å². The Hall–Kier alpha value is -1.80. The van der Waals surface area contributed by atoms with Crippen molar-refractivity contribution in [2.75, 3.05) is 6.54 Å². The number of amides is 1. The minimum atomic E-state index is -3.72. The Kier molecular flexibility index (Phi) is 5.71. The Balaban J connectivity index is 1.96. The summed E-state index contributed by atoms with van der Waals surface area (Å²) >= 11 is 11.5. The molecule has 0 aliphatic heterocycles. The molecule has 2 aromatic carbocycles. The molecule has 6 nitrogen and oxygen atoms in total. The fraction of sp³-hybridized carbons (Fsp3) is 0.133. The summed E-state index contributed by atoms with van der Waals surface area (Å²) in [6.45, 7) is 0.323. The Morgan fingerprint density at radius 3 is 2.17 bits per heavy atom. The third kappa shape index (κ3) is 4.61. The molecule has 24 heavy (non-hydrogen) atoms. The van der Waals surface area contributed by atoms with Gasteiger partial charge < -0.3 is 10.4 Å². The number of hydrogen-bond donors (Lipinski definition) is 3. The predicted octanol–water partition coefficient (Wildman–Crippen LogP) is 2.32. The SMILES string of the molecule is NS(=O)(=O)c1ccc(CCNC(=O)c2cc(Cl)c(O)c(Cl)c2)cc1. The molecule has 0 atom stereocenters. The molecule has 2 rings (SSSR count). The normalized spacial score (nSPS) is 11.3. The monoisotopic (exact) mass is 388 g/mol. The van der Waals surface area contributed by atoms with Crippen molar-refractivity contribution < 1.29 is 18.3 Å². The van der Waals surface area contributed by atoms with Gasteiger partial charge in [0.15, 0.2) is 5.75 Å². The van der Waals surface area contributed by atoms with Crippen LogP contribution in [0, 0.1) is 0 Å². The first kappa shape index (κ1) is 18.5. The highest BCUT2D eigenvalue weighted by Gasteiger charge is 2.12. The summed E-state index contributed by atoms with van der Waals surface area (Å²) in [5.74, 6) is -0.662. The second-order valence-corrected chi connectivity index (χ2v) is 7.36. The van der Waals surface area contributed by atoms with Crippen LogP contribution >= 0.6 is 23.2 Å². The number of hydrogen-bond acceptors (Lipinski definition) is 4. The average Bonchev–Trinajstić information content (AvgIpc) is 2.51. The lowest BCUT2D eigenvalue weighted by Gasteiger charge is -2.08. The molecule has 128 valence electrons. The lowest BCUT2D eigenvalue weighted by atomic mass is 10.1. The van der Waals surface area contributed by atoms with Crippen molar-refractivity contribution >= 4 is 39.1 Å². The quantitative estimate of drug-likeness (QED) is 0.729. The molecule has 0 bridgehead atoms. The van der Waals surface area contributed by atoms with Gasteiger partial charge in [-0.1, -0.05) is 35.3 Å². The Morgan fingerprint density at radius 2 is 1.67 bits per heavy atom. The maximum atomic E-state index is 12.0. The molecule has 0 aliphatic carbocycles. The van der Waals surface area contributed by atoms with E-state index in [0.717, 1.165) is 5.56 Å². The van der Waals surface area contributed by atoms with Gasteiger partial charge in [-0.3, -0.25) is 4.79 Å². The molecule has 0 fully saturated rings. The van der Waals surface area contributed by atoms with Crippen molar-refractivity contribution in [3.63, 3.8) is 0 Å². The average molecular weight is 389 g/mol. The van der Waals surface area contributed by atoms with Gasteiger partial charge in [0.1, 0.15) is 0 Å². The van der Waals surface area contributed by atoms with Crippen LogP contribution in [0.1, 0.15) is 15.9 Å². The van der Waals surface area contributed by atoms with Crippen LogP contribution < -0.4 is 10.5 Å². The van der Waals surface area contributed by atoms with Crippen LogP contribution in [0.3, 0.4) is 0 Å². The molecule has 2 aromatic rings. The number of phenolic OH excluding ortho intramolecular Hbond substituents is 1. The summed E-state index contributed by atoms with van der Waals surface area (Å²) in [7, 11) is -3.72. The number of benzene rings is 2. The topological polar surface area (TPSA) is 109 Å². The fourth-order valence-corrected chi connectivity index (χ4v) is 2.97. The first-order chi connectivity index (χ1) is 11.2. The summed E-state index contributed by atoms with van der Waals surface area (Å²) in [4.78, 5) is 12.1. The van der Waals surface area contributed by atoms with E-state index in [9.17, 15) is 18.3 Å². The van der Waals surface area contributed by atoms with Crippen molar-refractivity contribution in [1.29, 1.82) is 0 Å². The maximum Gasteiger partial charge on any atom is 0.251 e. The van der Waals surface area contributed by atoms with Gasteiger partial charge in [0.25, 0.3) is 5.91 Å². The minimum absolute atomic E-state index is 0.00812. The molecule has 0 unspecified atom stereocenters. The number of carbonyl (C=O) groups excluding carboxylic acids is 1. The van der Waals surface area contributed by atoms with Gasteiger partial charge in [-0.2, -0.15) is 0 Å². The van der Waals surface area contributed by atoms with Gasteiger partial charge in [0, 0.05) is 12.1 Å².